The van der Waals surface area contributed by atoms with Crippen molar-refractivity contribution >= 4 is 23.2 Å². The van der Waals surface area contributed by atoms with Crippen molar-refractivity contribution < 1.29 is 13.0 Å². The van der Waals surface area contributed by atoms with Gasteiger partial charge in [-0.1, -0.05) is 17.7 Å². The van der Waals surface area contributed by atoms with Crippen LogP contribution in [0.15, 0.2) is 34.2 Å². The third kappa shape index (κ3) is 5.15. The standard InChI is InChI=1S/C12H18NO3PS/c1-11-4-6-12(7-5-11)18(15,16)10-13-8-9-17(2,3)14/h4-8H,9-10H2,1-3H3. The Labute approximate surface area is 108 Å². The van der Waals surface area contributed by atoms with Gasteiger partial charge in [0.25, 0.3) is 0 Å². The maximum absolute atomic E-state index is 11.9. The second-order valence-corrected chi connectivity index (χ2v) is 10.2. The molecule has 1 rings (SSSR count). The molecule has 0 amide bonds. The summed E-state index contributed by atoms with van der Waals surface area (Å²) in [6.07, 6.45) is 1.77. The van der Waals surface area contributed by atoms with E-state index in [0.29, 0.717) is 6.16 Å². The molecule has 18 heavy (non-hydrogen) atoms. The number of rotatable bonds is 5. The molecule has 0 saturated carbocycles. The van der Waals surface area contributed by atoms with E-state index in [1.54, 1.807) is 37.6 Å². The van der Waals surface area contributed by atoms with Crippen LogP contribution in [-0.4, -0.2) is 40.0 Å². The monoisotopic (exact) mass is 287 g/mol. The smallest absolute Gasteiger partial charge is 0.198 e. The van der Waals surface area contributed by atoms with E-state index in [2.05, 4.69) is 4.99 Å². The number of hydrogen-bond acceptors (Lipinski definition) is 4. The van der Waals surface area contributed by atoms with Gasteiger partial charge in [-0.2, -0.15) is 0 Å². The molecule has 0 fully saturated rings. The van der Waals surface area contributed by atoms with E-state index in [1.165, 1.54) is 6.21 Å². The van der Waals surface area contributed by atoms with Crippen molar-refractivity contribution in [2.24, 2.45) is 4.99 Å². The van der Waals surface area contributed by atoms with Crippen molar-refractivity contribution in [3.05, 3.63) is 29.8 Å². The van der Waals surface area contributed by atoms with Crippen LogP contribution < -0.4 is 0 Å². The molecule has 0 bridgehead atoms. The largest absolute Gasteiger partial charge is 0.324 e. The number of nitrogens with zero attached hydrogens (tertiary/aromatic N) is 1. The summed E-state index contributed by atoms with van der Waals surface area (Å²) in [6, 6.07) is 6.65. The van der Waals surface area contributed by atoms with Crippen molar-refractivity contribution in [1.29, 1.82) is 0 Å². The Morgan fingerprint density at radius 2 is 1.78 bits per heavy atom. The van der Waals surface area contributed by atoms with Crippen LogP contribution >= 0.6 is 7.14 Å². The molecular weight excluding hydrogens is 269 g/mol. The van der Waals surface area contributed by atoms with Crippen molar-refractivity contribution in [3.63, 3.8) is 0 Å². The minimum absolute atomic E-state index is 0.265. The Morgan fingerprint density at radius 1 is 1.22 bits per heavy atom. The molecule has 0 atom stereocenters. The Kier molecular flexibility index (Phi) is 4.88. The molecule has 0 aliphatic carbocycles. The van der Waals surface area contributed by atoms with Gasteiger partial charge in [-0.25, -0.2) is 8.42 Å². The van der Waals surface area contributed by atoms with Gasteiger partial charge >= 0.3 is 0 Å². The summed E-state index contributed by atoms with van der Waals surface area (Å²) in [7, 11) is -5.55. The van der Waals surface area contributed by atoms with Crippen molar-refractivity contribution in [1.82, 2.24) is 0 Å². The highest BCUT2D eigenvalue weighted by Gasteiger charge is 2.12. The van der Waals surface area contributed by atoms with Gasteiger partial charge in [0.15, 0.2) is 9.84 Å². The maximum atomic E-state index is 11.9. The molecule has 0 unspecified atom stereocenters. The lowest BCUT2D eigenvalue weighted by atomic mass is 10.2. The average Bonchev–Trinajstić information content (AvgIpc) is 2.24. The third-order valence-electron chi connectivity index (χ3n) is 2.28. The Morgan fingerprint density at radius 3 is 2.28 bits per heavy atom. The molecule has 0 aliphatic heterocycles. The van der Waals surface area contributed by atoms with E-state index in [9.17, 15) is 13.0 Å². The van der Waals surface area contributed by atoms with Crippen LogP contribution in [0.3, 0.4) is 0 Å². The molecule has 0 radical (unpaired) electrons. The summed E-state index contributed by atoms with van der Waals surface area (Å²) >= 11 is 0. The van der Waals surface area contributed by atoms with Gasteiger partial charge in [-0.15, -0.1) is 0 Å². The highest BCUT2D eigenvalue weighted by molar-refractivity contribution is 7.91. The molecule has 0 saturated heterocycles. The molecule has 1 aromatic rings. The molecule has 0 heterocycles. The molecule has 1 aromatic carbocycles. The van der Waals surface area contributed by atoms with Crippen molar-refractivity contribution in [3.8, 4) is 0 Å². The first-order valence-corrected chi connectivity index (χ1v) is 9.96. The summed E-state index contributed by atoms with van der Waals surface area (Å²) in [5.41, 5.74) is 1.01. The van der Waals surface area contributed by atoms with E-state index in [1.807, 2.05) is 6.92 Å². The molecule has 4 nitrogen and oxygen atoms in total. The van der Waals surface area contributed by atoms with Crippen molar-refractivity contribution in [2.75, 3.05) is 25.4 Å². The molecule has 0 N–H and O–H groups in total. The molecule has 0 aliphatic rings. The fourth-order valence-corrected chi connectivity index (χ4v) is 2.74. The summed E-state index contributed by atoms with van der Waals surface area (Å²) in [4.78, 5) is 4.11. The summed E-state index contributed by atoms with van der Waals surface area (Å²) in [6.45, 7) is 5.19. The lowest BCUT2D eigenvalue weighted by Crippen LogP contribution is -2.05. The van der Waals surface area contributed by atoms with Crippen LogP contribution in [0, 0.1) is 6.92 Å². The predicted octanol–water partition coefficient (Wildman–Crippen LogP) is 2.42. The molecule has 6 heteroatoms. The Hall–Kier alpha value is -0.930. The van der Waals surface area contributed by atoms with Crippen LogP contribution in [-0.2, 0) is 14.4 Å². The van der Waals surface area contributed by atoms with Crippen LogP contribution in [0.5, 0.6) is 0 Å². The number of sulfone groups is 1. The number of benzene rings is 1. The van der Waals surface area contributed by atoms with Crippen LogP contribution in [0.4, 0.5) is 0 Å². The lowest BCUT2D eigenvalue weighted by Gasteiger charge is -2.02. The molecule has 100 valence electrons. The normalized spacial score (nSPS) is 13.1. The van der Waals surface area contributed by atoms with Gasteiger partial charge in [0.2, 0.25) is 0 Å². The quantitative estimate of drug-likeness (QED) is 0.617. The second kappa shape index (κ2) is 5.81. The van der Waals surface area contributed by atoms with E-state index < -0.39 is 17.0 Å². The zero-order chi connectivity index (χ0) is 13.8. The highest BCUT2D eigenvalue weighted by Crippen LogP contribution is 2.33. The first-order chi connectivity index (χ1) is 8.21. The summed E-state index contributed by atoms with van der Waals surface area (Å²) in [5.74, 6) is -0.296. The fourth-order valence-electron chi connectivity index (χ4n) is 1.23. The summed E-state index contributed by atoms with van der Waals surface area (Å²) in [5, 5.41) is 0. The van der Waals surface area contributed by atoms with Crippen LogP contribution in [0.2, 0.25) is 0 Å². The van der Waals surface area contributed by atoms with Crippen molar-refractivity contribution in [2.45, 2.75) is 11.8 Å². The lowest BCUT2D eigenvalue weighted by molar-refractivity contribution is 0.584. The molecular formula is C12H18NO3PS. The van der Waals surface area contributed by atoms with Gasteiger partial charge in [0, 0.05) is 12.4 Å². The van der Waals surface area contributed by atoms with E-state index >= 15 is 0 Å². The summed E-state index contributed by atoms with van der Waals surface area (Å²) < 4.78 is 35.2. The zero-order valence-electron chi connectivity index (χ0n) is 10.8. The Bertz CT molecular complexity index is 570. The average molecular weight is 287 g/mol. The fraction of sp³-hybridized carbons (Fsp3) is 0.417. The van der Waals surface area contributed by atoms with E-state index in [4.69, 9.17) is 0 Å². The third-order valence-corrected chi connectivity index (χ3v) is 4.80. The first kappa shape index (κ1) is 15.1. The predicted molar refractivity (Wildman–Crippen MR) is 76.0 cm³/mol. The number of aliphatic imine (C=N–C) groups is 1. The minimum atomic E-state index is -3.38. The maximum Gasteiger partial charge on any atom is 0.198 e. The van der Waals surface area contributed by atoms with Gasteiger partial charge in [-0.3, -0.25) is 4.99 Å². The number of aryl methyl sites for hydroxylation is 1. The molecule has 0 aromatic heterocycles. The van der Waals surface area contributed by atoms with E-state index in [0.717, 1.165) is 5.56 Å². The zero-order valence-corrected chi connectivity index (χ0v) is 12.5. The SMILES string of the molecule is Cc1ccc(S(=O)(=O)CN=CCP(C)(C)=O)cc1. The van der Waals surface area contributed by atoms with Crippen LogP contribution in [0.1, 0.15) is 5.56 Å². The minimum Gasteiger partial charge on any atom is -0.324 e. The van der Waals surface area contributed by atoms with Gasteiger partial charge in [0.1, 0.15) is 5.88 Å². The number of hydrogen-bond donors (Lipinski definition) is 0. The van der Waals surface area contributed by atoms with E-state index in [-0.39, 0.29) is 10.8 Å². The van der Waals surface area contributed by atoms with Gasteiger partial charge in [0.05, 0.1) is 12.0 Å². The molecule has 0 spiro atoms. The highest BCUT2D eigenvalue weighted by atomic mass is 32.2. The Balaban J connectivity index is 2.72. The second-order valence-electron chi connectivity index (χ2n) is 4.68. The van der Waals surface area contributed by atoms with Crippen LogP contribution in [0.25, 0.3) is 0 Å². The first-order valence-electron chi connectivity index (χ1n) is 5.52. The van der Waals surface area contributed by atoms with Gasteiger partial charge < -0.3 is 4.57 Å². The topological polar surface area (TPSA) is 63.6 Å². The van der Waals surface area contributed by atoms with Gasteiger partial charge in [-0.05, 0) is 32.4 Å².